The summed E-state index contributed by atoms with van der Waals surface area (Å²) >= 11 is 0. The van der Waals surface area contributed by atoms with Gasteiger partial charge in [-0.2, -0.15) is 0 Å². The van der Waals surface area contributed by atoms with Gasteiger partial charge in [-0.1, -0.05) is 0 Å². The fourth-order valence-corrected chi connectivity index (χ4v) is 1.06. The van der Waals surface area contributed by atoms with Gasteiger partial charge in [0, 0.05) is 7.05 Å². The average Bonchev–Trinajstić information content (AvgIpc) is 2.20. The number of carbonyl (C=O) groups is 2. The van der Waals surface area contributed by atoms with E-state index in [9.17, 15) is 14.0 Å². The first-order valence-electron chi connectivity index (χ1n) is 4.19. The number of nitrogens with two attached hydrogens (primary N) is 1. The lowest BCUT2D eigenvalue weighted by atomic mass is 10.1. The number of rotatable bonds is 3. The molecule has 0 spiro atoms. The van der Waals surface area contributed by atoms with Crippen LogP contribution in [-0.4, -0.2) is 23.8 Å². The lowest BCUT2D eigenvalue weighted by Gasteiger charge is -2.04. The molecule has 5 nitrogen and oxygen atoms in total. The molecule has 1 aromatic heterocycles. The van der Waals surface area contributed by atoms with Gasteiger partial charge in [0.25, 0.3) is 5.91 Å². The Labute approximate surface area is 85.5 Å². The van der Waals surface area contributed by atoms with Crippen LogP contribution in [0.25, 0.3) is 0 Å². The number of nitrogens with zero attached hydrogens (tertiary/aromatic N) is 1. The molecule has 0 atom stereocenters. The number of aromatic nitrogens is 1. The summed E-state index contributed by atoms with van der Waals surface area (Å²) in [6.45, 7) is 0. The van der Waals surface area contributed by atoms with E-state index in [1.165, 1.54) is 7.05 Å². The third-order valence-electron chi connectivity index (χ3n) is 1.81. The fourth-order valence-electron chi connectivity index (χ4n) is 1.06. The van der Waals surface area contributed by atoms with E-state index in [1.807, 2.05) is 0 Å². The summed E-state index contributed by atoms with van der Waals surface area (Å²) in [5.74, 6) is -1.79. The standard InChI is InChI=1S/C9H10FN3O2/c1-12-8(14)3-7-6(9(11)15)2-5(10)4-13-7/h2,4H,3H2,1H3,(H2,11,15)(H,12,14). The molecule has 6 heteroatoms. The molecule has 0 aromatic carbocycles. The van der Waals surface area contributed by atoms with Crippen LogP contribution in [0.4, 0.5) is 4.39 Å². The van der Waals surface area contributed by atoms with E-state index in [0.29, 0.717) is 0 Å². The Morgan fingerprint density at radius 1 is 1.60 bits per heavy atom. The van der Waals surface area contributed by atoms with E-state index >= 15 is 0 Å². The van der Waals surface area contributed by atoms with Crippen molar-refractivity contribution in [2.24, 2.45) is 5.73 Å². The highest BCUT2D eigenvalue weighted by Crippen LogP contribution is 2.08. The van der Waals surface area contributed by atoms with Crippen LogP contribution >= 0.6 is 0 Å². The van der Waals surface area contributed by atoms with Crippen molar-refractivity contribution >= 4 is 11.8 Å². The second-order valence-electron chi connectivity index (χ2n) is 2.86. The summed E-state index contributed by atoms with van der Waals surface area (Å²) in [5, 5.41) is 2.37. The van der Waals surface area contributed by atoms with Gasteiger partial charge in [-0.3, -0.25) is 14.6 Å². The summed E-state index contributed by atoms with van der Waals surface area (Å²) in [5.41, 5.74) is 5.12. The Hall–Kier alpha value is -1.98. The molecule has 2 amide bonds. The van der Waals surface area contributed by atoms with Crippen LogP contribution in [0.15, 0.2) is 12.3 Å². The van der Waals surface area contributed by atoms with Gasteiger partial charge in [0.2, 0.25) is 5.91 Å². The molecule has 15 heavy (non-hydrogen) atoms. The van der Waals surface area contributed by atoms with Crippen LogP contribution in [0.1, 0.15) is 16.1 Å². The molecule has 1 heterocycles. The van der Waals surface area contributed by atoms with Crippen LogP contribution in [0.2, 0.25) is 0 Å². The molecule has 0 fully saturated rings. The van der Waals surface area contributed by atoms with E-state index in [0.717, 1.165) is 12.3 Å². The molecule has 0 aliphatic heterocycles. The Morgan fingerprint density at radius 2 is 2.27 bits per heavy atom. The first-order chi connectivity index (χ1) is 7.04. The van der Waals surface area contributed by atoms with Crippen molar-refractivity contribution in [2.45, 2.75) is 6.42 Å². The molecule has 0 unspecified atom stereocenters. The van der Waals surface area contributed by atoms with Gasteiger partial charge >= 0.3 is 0 Å². The normalized spacial score (nSPS) is 9.73. The van der Waals surface area contributed by atoms with Crippen LogP contribution in [0.5, 0.6) is 0 Å². The maximum Gasteiger partial charge on any atom is 0.250 e. The third kappa shape index (κ3) is 2.73. The Balaban J connectivity index is 3.06. The summed E-state index contributed by atoms with van der Waals surface area (Å²) in [7, 11) is 1.45. The number of halogens is 1. The van der Waals surface area contributed by atoms with Gasteiger partial charge in [-0.15, -0.1) is 0 Å². The maximum atomic E-state index is 12.8. The van der Waals surface area contributed by atoms with Gasteiger partial charge in [-0.05, 0) is 6.07 Å². The minimum atomic E-state index is -0.805. The van der Waals surface area contributed by atoms with Gasteiger partial charge in [0.1, 0.15) is 5.82 Å². The molecule has 0 saturated carbocycles. The van der Waals surface area contributed by atoms with E-state index < -0.39 is 11.7 Å². The molecule has 0 aliphatic rings. The zero-order valence-corrected chi connectivity index (χ0v) is 8.08. The number of pyridine rings is 1. The Bertz CT molecular complexity index is 406. The SMILES string of the molecule is CNC(=O)Cc1ncc(F)cc1C(N)=O. The van der Waals surface area contributed by atoms with Crippen molar-refractivity contribution in [1.82, 2.24) is 10.3 Å². The lowest BCUT2D eigenvalue weighted by Crippen LogP contribution is -2.23. The second-order valence-corrected chi connectivity index (χ2v) is 2.86. The maximum absolute atomic E-state index is 12.8. The highest BCUT2D eigenvalue weighted by atomic mass is 19.1. The number of primary amides is 1. The van der Waals surface area contributed by atoms with Crippen molar-refractivity contribution in [3.05, 3.63) is 29.3 Å². The summed E-state index contributed by atoms with van der Waals surface area (Å²) in [4.78, 5) is 25.6. The average molecular weight is 211 g/mol. The third-order valence-corrected chi connectivity index (χ3v) is 1.81. The minimum Gasteiger partial charge on any atom is -0.366 e. The fraction of sp³-hybridized carbons (Fsp3) is 0.222. The highest BCUT2D eigenvalue weighted by Gasteiger charge is 2.13. The molecule has 0 radical (unpaired) electrons. The number of hydrogen-bond donors (Lipinski definition) is 2. The van der Waals surface area contributed by atoms with Crippen LogP contribution in [0, 0.1) is 5.82 Å². The van der Waals surface area contributed by atoms with Gasteiger partial charge in [0.15, 0.2) is 0 Å². The molecule has 1 rings (SSSR count). The summed E-state index contributed by atoms with van der Waals surface area (Å²) < 4.78 is 12.8. The van der Waals surface area contributed by atoms with E-state index in [4.69, 9.17) is 5.73 Å². The molecule has 1 aromatic rings. The highest BCUT2D eigenvalue weighted by molar-refractivity contribution is 5.95. The van der Waals surface area contributed by atoms with Crippen molar-refractivity contribution in [3.63, 3.8) is 0 Å². The molecular weight excluding hydrogens is 201 g/mol. The molecular formula is C9H10FN3O2. The molecule has 0 saturated heterocycles. The monoisotopic (exact) mass is 211 g/mol. The van der Waals surface area contributed by atoms with Crippen LogP contribution in [0.3, 0.4) is 0 Å². The second kappa shape index (κ2) is 4.50. The zero-order valence-electron chi connectivity index (χ0n) is 8.08. The molecule has 80 valence electrons. The smallest absolute Gasteiger partial charge is 0.250 e. The van der Waals surface area contributed by atoms with Crippen molar-refractivity contribution < 1.29 is 14.0 Å². The van der Waals surface area contributed by atoms with Crippen molar-refractivity contribution in [3.8, 4) is 0 Å². The summed E-state index contributed by atoms with van der Waals surface area (Å²) in [6, 6.07) is 0.966. The van der Waals surface area contributed by atoms with Gasteiger partial charge in [0.05, 0.1) is 23.9 Å². The predicted octanol–water partition coefficient (Wildman–Crippen LogP) is -0.392. The van der Waals surface area contributed by atoms with Gasteiger partial charge in [-0.25, -0.2) is 4.39 Å². The molecule has 0 bridgehead atoms. The van der Waals surface area contributed by atoms with Crippen LogP contribution < -0.4 is 11.1 Å². The number of carbonyl (C=O) groups excluding carboxylic acids is 2. The van der Waals surface area contributed by atoms with E-state index in [2.05, 4.69) is 10.3 Å². The van der Waals surface area contributed by atoms with E-state index in [1.54, 1.807) is 0 Å². The first kappa shape index (κ1) is 11.1. The number of nitrogens with one attached hydrogen (secondary N) is 1. The van der Waals surface area contributed by atoms with Crippen molar-refractivity contribution in [2.75, 3.05) is 7.05 Å². The minimum absolute atomic E-state index is 0.0707. The quantitative estimate of drug-likeness (QED) is 0.713. The Morgan fingerprint density at radius 3 is 2.80 bits per heavy atom. The molecule has 3 N–H and O–H groups in total. The number of amides is 2. The largest absolute Gasteiger partial charge is 0.366 e. The number of likely N-dealkylation sites (N-methyl/N-ethyl adjacent to an activating group) is 1. The first-order valence-corrected chi connectivity index (χ1v) is 4.19. The van der Waals surface area contributed by atoms with Crippen LogP contribution in [-0.2, 0) is 11.2 Å². The van der Waals surface area contributed by atoms with Gasteiger partial charge < -0.3 is 11.1 Å². The topological polar surface area (TPSA) is 85.1 Å². The lowest BCUT2D eigenvalue weighted by molar-refractivity contribution is -0.120. The van der Waals surface area contributed by atoms with Crippen molar-refractivity contribution in [1.29, 1.82) is 0 Å². The zero-order chi connectivity index (χ0) is 11.4. The Kier molecular flexibility index (Phi) is 3.33. The predicted molar refractivity (Wildman–Crippen MR) is 50.5 cm³/mol. The summed E-state index contributed by atoms with van der Waals surface area (Å²) in [6.07, 6.45) is 0.833. The van der Waals surface area contributed by atoms with E-state index in [-0.39, 0.29) is 23.6 Å². The molecule has 0 aliphatic carbocycles. The number of hydrogen-bond acceptors (Lipinski definition) is 3.